The van der Waals surface area contributed by atoms with E-state index in [1.165, 1.54) is 0 Å². The summed E-state index contributed by atoms with van der Waals surface area (Å²) in [4.78, 5) is 14.9. The molecular weight excluding hydrogens is 250 g/mol. The zero-order valence-corrected chi connectivity index (χ0v) is 11.6. The Hall–Kier alpha value is -2.28. The smallest absolute Gasteiger partial charge is 0.220 e. The summed E-state index contributed by atoms with van der Waals surface area (Å²) in [6.45, 7) is 1.97. The zero-order valence-electron chi connectivity index (χ0n) is 11.6. The minimum absolute atomic E-state index is 0.0209. The second-order valence-electron chi connectivity index (χ2n) is 4.94. The molecule has 0 aliphatic carbocycles. The summed E-state index contributed by atoms with van der Waals surface area (Å²) in [5.41, 5.74) is 2.22. The van der Waals surface area contributed by atoms with E-state index < -0.39 is 0 Å². The van der Waals surface area contributed by atoms with Crippen LogP contribution in [0.25, 0.3) is 10.9 Å². The molecular formula is C16H19N3O. The summed E-state index contributed by atoms with van der Waals surface area (Å²) in [5, 5.41) is 13.0. The van der Waals surface area contributed by atoms with Gasteiger partial charge in [0.1, 0.15) is 0 Å². The van der Waals surface area contributed by atoms with Crippen molar-refractivity contribution in [2.75, 3.05) is 0 Å². The summed E-state index contributed by atoms with van der Waals surface area (Å²) in [7, 11) is 0. The first kappa shape index (κ1) is 14.1. The van der Waals surface area contributed by atoms with E-state index in [0.717, 1.165) is 22.9 Å². The maximum atomic E-state index is 11.7. The molecule has 2 rings (SSSR count). The largest absolute Gasteiger partial charge is 0.361 e. The number of hydrogen-bond donors (Lipinski definition) is 2. The number of benzene rings is 1. The van der Waals surface area contributed by atoms with Crippen molar-refractivity contribution in [2.24, 2.45) is 0 Å². The Kier molecular flexibility index (Phi) is 4.78. The fourth-order valence-electron chi connectivity index (χ4n) is 2.38. The first-order valence-corrected chi connectivity index (χ1v) is 6.96. The van der Waals surface area contributed by atoms with Crippen LogP contribution in [0.15, 0.2) is 30.5 Å². The van der Waals surface area contributed by atoms with Crippen LogP contribution in [-0.2, 0) is 11.2 Å². The van der Waals surface area contributed by atoms with Gasteiger partial charge in [-0.1, -0.05) is 25.1 Å². The molecule has 4 heteroatoms. The van der Waals surface area contributed by atoms with Crippen molar-refractivity contribution in [1.29, 1.82) is 5.26 Å². The number of hydrogen-bond acceptors (Lipinski definition) is 2. The van der Waals surface area contributed by atoms with Gasteiger partial charge in [-0.2, -0.15) is 5.26 Å². The molecule has 2 N–H and O–H groups in total. The Bertz CT molecular complexity index is 624. The molecule has 1 heterocycles. The van der Waals surface area contributed by atoms with Gasteiger partial charge in [0.05, 0.1) is 12.5 Å². The van der Waals surface area contributed by atoms with Gasteiger partial charge in [-0.05, 0) is 24.5 Å². The molecule has 4 nitrogen and oxygen atoms in total. The van der Waals surface area contributed by atoms with Gasteiger partial charge in [-0.15, -0.1) is 0 Å². The molecule has 0 fully saturated rings. The summed E-state index contributed by atoms with van der Waals surface area (Å²) in [6.07, 6.45) is 4.29. The number of para-hydroxylation sites is 1. The van der Waals surface area contributed by atoms with Crippen LogP contribution < -0.4 is 5.32 Å². The summed E-state index contributed by atoms with van der Waals surface area (Å²) in [5.74, 6) is 0.0209. The summed E-state index contributed by atoms with van der Waals surface area (Å²) >= 11 is 0. The van der Waals surface area contributed by atoms with Crippen molar-refractivity contribution in [1.82, 2.24) is 10.3 Å². The molecule has 0 spiro atoms. The predicted octanol–water partition coefficient (Wildman–Crippen LogP) is 2.91. The van der Waals surface area contributed by atoms with Gasteiger partial charge < -0.3 is 10.3 Å². The minimum atomic E-state index is -0.127. The zero-order chi connectivity index (χ0) is 14.4. The molecule has 0 saturated carbocycles. The molecule has 1 amide bonds. The highest BCUT2D eigenvalue weighted by atomic mass is 16.1. The quantitative estimate of drug-likeness (QED) is 0.846. The van der Waals surface area contributed by atoms with Gasteiger partial charge >= 0.3 is 0 Å². The topological polar surface area (TPSA) is 68.7 Å². The van der Waals surface area contributed by atoms with Crippen LogP contribution in [0.2, 0.25) is 0 Å². The van der Waals surface area contributed by atoms with Crippen molar-refractivity contribution in [2.45, 2.75) is 38.6 Å². The standard InChI is InChI=1S/C16H19N3O/c1-2-5-16(20)19-13(8-9-17)10-12-11-18-15-7-4-3-6-14(12)15/h3-4,6-7,11,13,18H,2,5,8,10H2,1H3,(H,19,20)/t13-/m0/s1. The molecule has 0 aliphatic rings. The highest BCUT2D eigenvalue weighted by Gasteiger charge is 2.14. The number of nitriles is 1. The van der Waals surface area contributed by atoms with Crippen LogP contribution in [0.3, 0.4) is 0 Å². The lowest BCUT2D eigenvalue weighted by Gasteiger charge is -2.15. The number of nitrogens with one attached hydrogen (secondary N) is 2. The molecule has 0 unspecified atom stereocenters. The molecule has 0 radical (unpaired) electrons. The second-order valence-corrected chi connectivity index (χ2v) is 4.94. The molecule has 20 heavy (non-hydrogen) atoms. The van der Waals surface area contributed by atoms with E-state index in [1.807, 2.05) is 31.3 Å². The van der Waals surface area contributed by atoms with Gasteiger partial charge in [0.15, 0.2) is 0 Å². The van der Waals surface area contributed by atoms with Crippen LogP contribution in [0.1, 0.15) is 31.7 Å². The molecule has 0 aliphatic heterocycles. The first-order valence-electron chi connectivity index (χ1n) is 6.96. The monoisotopic (exact) mass is 269 g/mol. The van der Waals surface area contributed by atoms with E-state index in [4.69, 9.17) is 5.26 Å². The maximum absolute atomic E-state index is 11.7. The van der Waals surface area contributed by atoms with E-state index in [9.17, 15) is 4.79 Å². The van der Waals surface area contributed by atoms with Gasteiger partial charge in [0.2, 0.25) is 5.91 Å². The third-order valence-electron chi connectivity index (χ3n) is 3.32. The SMILES string of the molecule is CCCC(=O)N[C@@H](CC#N)Cc1c[nH]c2ccccc12. The van der Waals surface area contributed by atoms with Crippen LogP contribution >= 0.6 is 0 Å². The normalized spacial score (nSPS) is 12.0. The lowest BCUT2D eigenvalue weighted by molar-refractivity contribution is -0.121. The predicted molar refractivity (Wildman–Crippen MR) is 79.1 cm³/mol. The van der Waals surface area contributed by atoms with Crippen LogP contribution in [0.4, 0.5) is 0 Å². The summed E-state index contributed by atoms with van der Waals surface area (Å²) < 4.78 is 0. The number of rotatable bonds is 6. The van der Waals surface area contributed by atoms with Crippen molar-refractivity contribution in [3.63, 3.8) is 0 Å². The highest BCUT2D eigenvalue weighted by molar-refractivity contribution is 5.83. The fourth-order valence-corrected chi connectivity index (χ4v) is 2.38. The van der Waals surface area contributed by atoms with E-state index >= 15 is 0 Å². The number of H-pyrrole nitrogens is 1. The molecule has 0 saturated heterocycles. The Morgan fingerprint density at radius 2 is 2.25 bits per heavy atom. The number of carbonyl (C=O) groups is 1. The average Bonchev–Trinajstić information content (AvgIpc) is 2.83. The van der Waals surface area contributed by atoms with Crippen molar-refractivity contribution in [3.8, 4) is 6.07 Å². The van der Waals surface area contributed by atoms with E-state index in [2.05, 4.69) is 22.4 Å². The lowest BCUT2D eigenvalue weighted by Crippen LogP contribution is -2.35. The Labute approximate surface area is 118 Å². The van der Waals surface area contributed by atoms with Crippen molar-refractivity contribution in [3.05, 3.63) is 36.0 Å². The van der Waals surface area contributed by atoms with E-state index in [-0.39, 0.29) is 11.9 Å². The Balaban J connectivity index is 2.11. The Morgan fingerprint density at radius 1 is 1.45 bits per heavy atom. The molecule has 0 bridgehead atoms. The van der Waals surface area contributed by atoms with Crippen molar-refractivity contribution >= 4 is 16.8 Å². The van der Waals surface area contributed by atoms with E-state index in [1.54, 1.807) is 0 Å². The molecule has 1 aromatic carbocycles. The molecule has 2 aromatic rings. The average molecular weight is 269 g/mol. The van der Waals surface area contributed by atoms with Crippen LogP contribution in [0.5, 0.6) is 0 Å². The minimum Gasteiger partial charge on any atom is -0.361 e. The maximum Gasteiger partial charge on any atom is 0.220 e. The third kappa shape index (κ3) is 3.39. The summed E-state index contributed by atoms with van der Waals surface area (Å²) in [6, 6.07) is 10.1. The third-order valence-corrected chi connectivity index (χ3v) is 3.32. The number of aromatic amines is 1. The van der Waals surface area contributed by atoms with Crippen LogP contribution in [0, 0.1) is 11.3 Å². The molecule has 1 atom stereocenters. The van der Waals surface area contributed by atoms with E-state index in [0.29, 0.717) is 19.3 Å². The van der Waals surface area contributed by atoms with Gasteiger partial charge in [-0.3, -0.25) is 4.79 Å². The fraction of sp³-hybridized carbons (Fsp3) is 0.375. The van der Waals surface area contributed by atoms with Crippen LogP contribution in [-0.4, -0.2) is 16.9 Å². The highest BCUT2D eigenvalue weighted by Crippen LogP contribution is 2.19. The number of fused-ring (bicyclic) bond motifs is 1. The van der Waals surface area contributed by atoms with Crippen molar-refractivity contribution < 1.29 is 4.79 Å². The Morgan fingerprint density at radius 3 is 3.00 bits per heavy atom. The number of nitrogens with zero attached hydrogens (tertiary/aromatic N) is 1. The second kappa shape index (κ2) is 6.76. The number of carbonyl (C=O) groups excluding carboxylic acids is 1. The van der Waals surface area contributed by atoms with Gasteiger partial charge in [0, 0.05) is 29.6 Å². The number of aromatic nitrogens is 1. The van der Waals surface area contributed by atoms with Gasteiger partial charge in [-0.25, -0.2) is 0 Å². The molecule has 1 aromatic heterocycles. The number of amides is 1. The first-order chi connectivity index (χ1) is 9.74. The molecule has 104 valence electrons. The van der Waals surface area contributed by atoms with Gasteiger partial charge in [0.25, 0.3) is 0 Å². The lowest BCUT2D eigenvalue weighted by atomic mass is 10.0.